The monoisotopic (exact) mass is 617 g/mol. The van der Waals surface area contributed by atoms with Crippen LogP contribution in [0.5, 0.6) is 0 Å². The van der Waals surface area contributed by atoms with Crippen LogP contribution in [-0.2, 0) is 27.4 Å². The second-order valence-corrected chi connectivity index (χ2v) is 12.5. The number of rotatable bonds is 9. The van der Waals surface area contributed by atoms with E-state index in [1.165, 1.54) is 11.1 Å². The molecule has 0 radical (unpaired) electrons. The summed E-state index contributed by atoms with van der Waals surface area (Å²) in [5.41, 5.74) is 2.33. The Morgan fingerprint density at radius 1 is 1.00 bits per heavy atom. The van der Waals surface area contributed by atoms with Gasteiger partial charge < -0.3 is 5.32 Å². The highest BCUT2D eigenvalue weighted by Crippen LogP contribution is 2.34. The van der Waals surface area contributed by atoms with Crippen LogP contribution in [0.15, 0.2) is 53.9 Å². The molecule has 1 amide bonds. The smallest absolute Gasteiger partial charge is 0.349 e. The van der Waals surface area contributed by atoms with Crippen LogP contribution < -0.4 is 10.0 Å². The van der Waals surface area contributed by atoms with Gasteiger partial charge in [-0.25, -0.2) is 8.42 Å². The first-order chi connectivity index (χ1) is 19.6. The molecule has 230 valence electrons. The van der Waals surface area contributed by atoms with Gasteiger partial charge in [0.25, 0.3) is 0 Å². The normalized spacial score (nSPS) is 19.1. The molecular formula is C29H33F6N3O3S. The molecule has 1 aliphatic carbocycles. The Morgan fingerprint density at radius 2 is 1.71 bits per heavy atom. The van der Waals surface area contributed by atoms with E-state index in [4.69, 9.17) is 0 Å². The zero-order valence-corrected chi connectivity index (χ0v) is 23.6. The van der Waals surface area contributed by atoms with Crippen molar-refractivity contribution in [3.05, 3.63) is 71.3 Å². The fourth-order valence-corrected chi connectivity index (χ4v) is 6.69. The standard InChI is InChI=1S/C29H33F6N3O3S/c1-19(18-38-13-3-2-4-14-38)20-11-12-24-21(15-20)7-5-10-25(24)36-27(39)17-26(29(33,34)35)37-42(40,41)23-9-6-8-22(16-23)28(30,31)32/h6,8-9,11-12,15-16,25-26,37H,1-5,7,10,13-14,17-18H2,(H,36,39)/t25-,26-/m1/s1. The van der Waals surface area contributed by atoms with Gasteiger partial charge in [0, 0.05) is 6.54 Å². The summed E-state index contributed by atoms with van der Waals surface area (Å²) >= 11 is 0. The number of hydrogen-bond acceptors (Lipinski definition) is 4. The van der Waals surface area contributed by atoms with Crippen molar-refractivity contribution < 1.29 is 39.6 Å². The summed E-state index contributed by atoms with van der Waals surface area (Å²) in [7, 11) is -5.04. The molecule has 2 aromatic carbocycles. The molecule has 42 heavy (non-hydrogen) atoms. The number of likely N-dealkylation sites (tertiary alicyclic amines) is 1. The van der Waals surface area contributed by atoms with Gasteiger partial charge >= 0.3 is 12.4 Å². The van der Waals surface area contributed by atoms with Crippen molar-refractivity contribution in [1.82, 2.24) is 14.9 Å². The molecule has 6 nitrogen and oxygen atoms in total. The second kappa shape index (κ2) is 12.8. The molecule has 1 fully saturated rings. The van der Waals surface area contributed by atoms with Crippen molar-refractivity contribution in [1.29, 1.82) is 0 Å². The van der Waals surface area contributed by atoms with Gasteiger partial charge in [-0.15, -0.1) is 0 Å². The number of carbonyl (C=O) groups excluding carboxylic acids is 1. The first-order valence-corrected chi connectivity index (χ1v) is 15.2. The van der Waals surface area contributed by atoms with E-state index in [9.17, 15) is 39.6 Å². The lowest BCUT2D eigenvalue weighted by Gasteiger charge is -2.29. The number of hydrogen-bond donors (Lipinski definition) is 2. The van der Waals surface area contributed by atoms with Crippen LogP contribution >= 0.6 is 0 Å². The molecule has 1 heterocycles. The van der Waals surface area contributed by atoms with Gasteiger partial charge in [0.1, 0.15) is 6.04 Å². The highest BCUT2D eigenvalue weighted by atomic mass is 32.2. The fraction of sp³-hybridized carbons (Fsp3) is 0.483. The third-order valence-electron chi connectivity index (χ3n) is 7.62. The van der Waals surface area contributed by atoms with Crippen molar-refractivity contribution in [2.45, 2.75) is 74.3 Å². The molecule has 4 rings (SSSR count). The second-order valence-electron chi connectivity index (χ2n) is 10.8. The number of nitrogens with zero attached hydrogens (tertiary/aromatic N) is 1. The third-order valence-corrected chi connectivity index (χ3v) is 9.09. The number of piperidine rings is 1. The predicted molar refractivity (Wildman–Crippen MR) is 146 cm³/mol. The zero-order valence-electron chi connectivity index (χ0n) is 22.8. The molecule has 2 aliphatic rings. The SMILES string of the molecule is C=C(CN1CCCCC1)c1ccc2c(c1)CCC[C@H]2NC(=O)C[C@@H](NS(=O)(=O)c1cccc(C(F)(F)F)c1)C(F)(F)F. The molecule has 0 bridgehead atoms. The van der Waals surface area contributed by atoms with E-state index >= 15 is 0 Å². The van der Waals surface area contributed by atoms with Gasteiger partial charge in [-0.1, -0.05) is 37.3 Å². The summed E-state index contributed by atoms with van der Waals surface area (Å²) in [6, 6.07) is 4.68. The average Bonchev–Trinajstić information content (AvgIpc) is 2.92. The van der Waals surface area contributed by atoms with Gasteiger partial charge in [-0.05, 0) is 85.7 Å². The number of halogens is 6. The maximum absolute atomic E-state index is 13.8. The Balaban J connectivity index is 1.44. The van der Waals surface area contributed by atoms with Crippen LogP contribution in [0.25, 0.3) is 5.57 Å². The Kier molecular flexibility index (Phi) is 9.73. The summed E-state index contributed by atoms with van der Waals surface area (Å²) in [4.78, 5) is 14.1. The first-order valence-electron chi connectivity index (χ1n) is 13.7. The molecule has 1 saturated heterocycles. The number of carbonyl (C=O) groups is 1. The Morgan fingerprint density at radius 3 is 2.38 bits per heavy atom. The van der Waals surface area contributed by atoms with Gasteiger partial charge in [-0.3, -0.25) is 9.69 Å². The van der Waals surface area contributed by atoms with Crippen molar-refractivity contribution in [2.75, 3.05) is 19.6 Å². The van der Waals surface area contributed by atoms with Crippen LogP contribution in [0.4, 0.5) is 26.3 Å². The number of amides is 1. The summed E-state index contributed by atoms with van der Waals surface area (Å²) < 4.78 is 107. The first kappa shape index (κ1) is 32.0. The van der Waals surface area contributed by atoms with E-state index in [-0.39, 0.29) is 6.07 Å². The zero-order chi connectivity index (χ0) is 30.7. The summed E-state index contributed by atoms with van der Waals surface area (Å²) in [5.74, 6) is -1.04. The quantitative estimate of drug-likeness (QED) is 0.339. The minimum atomic E-state index is -5.18. The van der Waals surface area contributed by atoms with Gasteiger partial charge in [0.15, 0.2) is 0 Å². The maximum atomic E-state index is 13.8. The van der Waals surface area contributed by atoms with Crippen molar-refractivity contribution in [3.63, 3.8) is 0 Å². The molecule has 13 heteroatoms. The Bertz CT molecular complexity index is 1400. The molecule has 0 unspecified atom stereocenters. The average molecular weight is 618 g/mol. The lowest BCUT2D eigenvalue weighted by molar-refractivity contribution is -0.158. The fourth-order valence-electron chi connectivity index (χ4n) is 5.42. The van der Waals surface area contributed by atoms with E-state index in [0.29, 0.717) is 18.9 Å². The van der Waals surface area contributed by atoms with Crippen molar-refractivity contribution in [3.8, 4) is 0 Å². The van der Waals surface area contributed by atoms with Crippen LogP contribution in [0.3, 0.4) is 0 Å². The topological polar surface area (TPSA) is 78.5 Å². The lowest BCUT2D eigenvalue weighted by atomic mass is 9.85. The number of benzene rings is 2. The van der Waals surface area contributed by atoms with E-state index in [1.807, 2.05) is 18.2 Å². The molecule has 0 aromatic heterocycles. The van der Waals surface area contributed by atoms with Gasteiger partial charge in [-0.2, -0.15) is 31.1 Å². The summed E-state index contributed by atoms with van der Waals surface area (Å²) in [5, 5.41) is 2.59. The van der Waals surface area contributed by atoms with Gasteiger partial charge in [0.2, 0.25) is 15.9 Å². The highest BCUT2D eigenvalue weighted by Gasteiger charge is 2.44. The number of nitrogens with one attached hydrogen (secondary N) is 2. The minimum Gasteiger partial charge on any atom is -0.349 e. The lowest BCUT2D eigenvalue weighted by Crippen LogP contribution is -2.48. The molecule has 0 spiro atoms. The van der Waals surface area contributed by atoms with Crippen molar-refractivity contribution in [2.24, 2.45) is 0 Å². The van der Waals surface area contributed by atoms with Gasteiger partial charge in [0.05, 0.1) is 22.9 Å². The molecule has 2 atom stereocenters. The minimum absolute atomic E-state index is 0.240. The van der Waals surface area contributed by atoms with E-state index in [1.54, 1.807) is 0 Å². The molecule has 0 saturated carbocycles. The predicted octanol–water partition coefficient (Wildman–Crippen LogP) is 6.00. The molecule has 2 aromatic rings. The highest BCUT2D eigenvalue weighted by molar-refractivity contribution is 7.89. The number of fused-ring (bicyclic) bond motifs is 1. The third kappa shape index (κ3) is 8.13. The Hall–Kier alpha value is -2.90. The summed E-state index contributed by atoms with van der Waals surface area (Å²) in [6.07, 6.45) is -5.93. The van der Waals surface area contributed by atoms with Crippen LogP contribution in [-0.4, -0.2) is 51.1 Å². The van der Waals surface area contributed by atoms with E-state index < -0.39 is 57.2 Å². The Labute approximate surface area is 241 Å². The van der Waals surface area contributed by atoms with Crippen LogP contribution in [0, 0.1) is 0 Å². The molecule has 2 N–H and O–H groups in total. The van der Waals surface area contributed by atoms with Crippen LogP contribution in [0.1, 0.15) is 66.8 Å². The number of aryl methyl sites for hydroxylation is 1. The van der Waals surface area contributed by atoms with Crippen LogP contribution in [0.2, 0.25) is 0 Å². The van der Waals surface area contributed by atoms with Crippen molar-refractivity contribution >= 4 is 21.5 Å². The van der Waals surface area contributed by atoms with E-state index in [2.05, 4.69) is 16.8 Å². The summed E-state index contributed by atoms with van der Waals surface area (Å²) in [6.45, 7) is 7.02. The number of sulfonamides is 1. The maximum Gasteiger partial charge on any atom is 0.416 e. The molecular weight excluding hydrogens is 584 g/mol. The van der Waals surface area contributed by atoms with E-state index in [0.717, 1.165) is 73.3 Å². The number of alkyl halides is 6. The largest absolute Gasteiger partial charge is 0.416 e. The molecule has 1 aliphatic heterocycles.